The van der Waals surface area contributed by atoms with E-state index in [2.05, 4.69) is 15.3 Å². The quantitative estimate of drug-likeness (QED) is 0.514. The number of imidazole rings is 1. The number of fused-ring (bicyclic) bond motifs is 1. The molecule has 1 aromatic rings. The molecule has 60 valence electrons. The second-order valence-electron chi connectivity index (χ2n) is 2.71. The first kappa shape index (κ1) is 6.82. The maximum atomic E-state index is 8.94. The van der Waals surface area contributed by atoms with Crippen molar-refractivity contribution in [3.8, 4) is 0 Å². The number of hydrogen-bond donors (Lipinski definition) is 3. The number of H-pyrrole nitrogens is 1. The van der Waals surface area contributed by atoms with E-state index in [0.29, 0.717) is 0 Å². The lowest BCUT2D eigenvalue weighted by molar-refractivity contribution is 0.237. The molecular weight excluding hydrogens is 142 g/mol. The minimum atomic E-state index is 0.0324. The van der Waals surface area contributed by atoms with Gasteiger partial charge in [-0.3, -0.25) is 0 Å². The summed E-state index contributed by atoms with van der Waals surface area (Å²) in [6.07, 6.45) is 2.66. The van der Waals surface area contributed by atoms with E-state index in [0.717, 1.165) is 24.4 Å². The van der Waals surface area contributed by atoms with Crippen molar-refractivity contribution in [1.29, 1.82) is 0 Å². The summed E-state index contributed by atoms with van der Waals surface area (Å²) in [7, 11) is 0. The van der Waals surface area contributed by atoms with Crippen molar-refractivity contribution in [3.63, 3.8) is 0 Å². The topological polar surface area (TPSA) is 60.9 Å². The van der Waals surface area contributed by atoms with E-state index >= 15 is 0 Å². The molecule has 0 bridgehead atoms. The van der Waals surface area contributed by atoms with Gasteiger partial charge in [0.15, 0.2) is 0 Å². The third kappa shape index (κ3) is 1.04. The largest absolute Gasteiger partial charge is 0.394 e. The van der Waals surface area contributed by atoms with Crippen molar-refractivity contribution in [3.05, 3.63) is 17.7 Å². The maximum Gasteiger partial charge on any atom is 0.0925 e. The average molecular weight is 153 g/mol. The van der Waals surface area contributed by atoms with Crippen LogP contribution in [0.25, 0.3) is 0 Å². The molecule has 4 nitrogen and oxygen atoms in total. The van der Waals surface area contributed by atoms with E-state index in [1.165, 1.54) is 0 Å². The highest BCUT2D eigenvalue weighted by molar-refractivity contribution is 5.18. The van der Waals surface area contributed by atoms with Gasteiger partial charge in [0.1, 0.15) is 0 Å². The molecule has 0 aliphatic carbocycles. The van der Waals surface area contributed by atoms with Crippen molar-refractivity contribution in [2.75, 3.05) is 13.2 Å². The Bertz CT molecular complexity index is 246. The molecule has 2 rings (SSSR count). The molecule has 0 spiro atoms. The molecule has 0 aromatic carbocycles. The standard InChI is InChI=1S/C7H11N3O/c11-3-6-7-5(1-2-8-6)9-4-10-7/h4,6,8,11H,1-3H2,(H,9,10). The molecule has 0 fully saturated rings. The van der Waals surface area contributed by atoms with Crippen LogP contribution in [0.2, 0.25) is 0 Å². The first-order valence-electron chi connectivity index (χ1n) is 3.78. The van der Waals surface area contributed by atoms with Crippen molar-refractivity contribution in [2.24, 2.45) is 0 Å². The fourth-order valence-electron chi connectivity index (χ4n) is 1.45. The Labute approximate surface area is 64.7 Å². The normalized spacial score (nSPS) is 23.2. The Morgan fingerprint density at radius 2 is 2.64 bits per heavy atom. The van der Waals surface area contributed by atoms with Gasteiger partial charge in [-0.25, -0.2) is 4.98 Å². The van der Waals surface area contributed by atoms with E-state index < -0.39 is 0 Å². The Kier molecular flexibility index (Phi) is 1.63. The highest BCUT2D eigenvalue weighted by atomic mass is 16.3. The number of aromatic amines is 1. The van der Waals surface area contributed by atoms with Crippen LogP contribution in [-0.2, 0) is 6.42 Å². The second-order valence-corrected chi connectivity index (χ2v) is 2.71. The summed E-state index contributed by atoms with van der Waals surface area (Å²) in [6.45, 7) is 1.04. The maximum absolute atomic E-state index is 8.94. The van der Waals surface area contributed by atoms with Gasteiger partial charge in [0.2, 0.25) is 0 Å². The van der Waals surface area contributed by atoms with Crippen LogP contribution in [0.4, 0.5) is 0 Å². The van der Waals surface area contributed by atoms with Gasteiger partial charge in [-0.15, -0.1) is 0 Å². The average Bonchev–Trinajstić information content (AvgIpc) is 2.50. The van der Waals surface area contributed by atoms with Crippen LogP contribution >= 0.6 is 0 Å². The smallest absolute Gasteiger partial charge is 0.0925 e. The fraction of sp³-hybridized carbons (Fsp3) is 0.571. The van der Waals surface area contributed by atoms with Gasteiger partial charge >= 0.3 is 0 Å². The van der Waals surface area contributed by atoms with Gasteiger partial charge < -0.3 is 15.4 Å². The molecule has 0 saturated heterocycles. The van der Waals surface area contributed by atoms with Gasteiger partial charge in [-0.05, 0) is 0 Å². The summed E-state index contributed by atoms with van der Waals surface area (Å²) in [6, 6.07) is 0.0324. The van der Waals surface area contributed by atoms with E-state index in [1.807, 2.05) is 0 Å². The van der Waals surface area contributed by atoms with Crippen LogP contribution in [0, 0.1) is 0 Å². The molecule has 0 saturated carbocycles. The Hall–Kier alpha value is -0.870. The summed E-state index contributed by atoms with van der Waals surface area (Å²) in [5, 5.41) is 12.1. The van der Waals surface area contributed by atoms with E-state index in [1.54, 1.807) is 6.33 Å². The SMILES string of the molecule is OCC1NCCc2[nH]cnc21. The number of aromatic nitrogens is 2. The molecule has 2 heterocycles. The molecule has 0 amide bonds. The number of nitrogens with zero attached hydrogens (tertiary/aromatic N) is 1. The molecule has 11 heavy (non-hydrogen) atoms. The molecule has 1 aliphatic rings. The lowest BCUT2D eigenvalue weighted by atomic mass is 10.1. The second kappa shape index (κ2) is 2.64. The third-order valence-electron chi connectivity index (χ3n) is 2.03. The first-order chi connectivity index (χ1) is 5.42. The fourth-order valence-corrected chi connectivity index (χ4v) is 1.45. The van der Waals surface area contributed by atoms with Crippen molar-refractivity contribution in [2.45, 2.75) is 12.5 Å². The number of rotatable bonds is 1. The predicted molar refractivity (Wildman–Crippen MR) is 40.1 cm³/mol. The lowest BCUT2D eigenvalue weighted by Gasteiger charge is -2.20. The van der Waals surface area contributed by atoms with Crippen LogP contribution in [0.3, 0.4) is 0 Å². The summed E-state index contributed by atoms with van der Waals surface area (Å²) in [5.41, 5.74) is 2.13. The number of nitrogens with one attached hydrogen (secondary N) is 2. The zero-order valence-corrected chi connectivity index (χ0v) is 6.17. The molecule has 4 heteroatoms. The van der Waals surface area contributed by atoms with E-state index in [-0.39, 0.29) is 12.6 Å². The molecule has 1 aromatic heterocycles. The monoisotopic (exact) mass is 153 g/mol. The summed E-state index contributed by atoms with van der Waals surface area (Å²) in [5.74, 6) is 0. The highest BCUT2D eigenvalue weighted by Gasteiger charge is 2.20. The zero-order chi connectivity index (χ0) is 7.68. The predicted octanol–water partition coefficient (Wildman–Crippen LogP) is -0.411. The minimum Gasteiger partial charge on any atom is -0.394 e. The third-order valence-corrected chi connectivity index (χ3v) is 2.03. The van der Waals surface area contributed by atoms with Crippen molar-refractivity contribution in [1.82, 2.24) is 15.3 Å². The molecule has 1 aliphatic heterocycles. The van der Waals surface area contributed by atoms with Crippen LogP contribution in [0.1, 0.15) is 17.4 Å². The van der Waals surface area contributed by atoms with E-state index in [9.17, 15) is 0 Å². The highest BCUT2D eigenvalue weighted by Crippen LogP contribution is 2.17. The molecular formula is C7H11N3O. The first-order valence-corrected chi connectivity index (χ1v) is 3.78. The van der Waals surface area contributed by atoms with Crippen molar-refractivity contribution >= 4 is 0 Å². The summed E-state index contributed by atoms with van der Waals surface area (Å²) in [4.78, 5) is 7.19. The van der Waals surface area contributed by atoms with Crippen LogP contribution < -0.4 is 5.32 Å². The Morgan fingerprint density at radius 1 is 1.73 bits per heavy atom. The lowest BCUT2D eigenvalue weighted by Crippen LogP contribution is -2.32. The summed E-state index contributed by atoms with van der Waals surface area (Å²) >= 11 is 0. The van der Waals surface area contributed by atoms with E-state index in [4.69, 9.17) is 5.11 Å². The minimum absolute atomic E-state index is 0.0324. The zero-order valence-electron chi connectivity index (χ0n) is 6.17. The van der Waals surface area contributed by atoms with Crippen LogP contribution in [0.5, 0.6) is 0 Å². The van der Waals surface area contributed by atoms with Gasteiger partial charge in [0, 0.05) is 18.7 Å². The Morgan fingerprint density at radius 3 is 3.45 bits per heavy atom. The number of hydrogen-bond acceptors (Lipinski definition) is 3. The van der Waals surface area contributed by atoms with Gasteiger partial charge in [0.05, 0.1) is 24.7 Å². The molecule has 1 unspecified atom stereocenters. The number of aliphatic hydroxyl groups excluding tert-OH is 1. The van der Waals surface area contributed by atoms with Gasteiger partial charge in [0.25, 0.3) is 0 Å². The summed E-state index contributed by atoms with van der Waals surface area (Å²) < 4.78 is 0. The van der Waals surface area contributed by atoms with Crippen molar-refractivity contribution < 1.29 is 5.11 Å². The van der Waals surface area contributed by atoms with Gasteiger partial charge in [-0.2, -0.15) is 0 Å². The Balaban J connectivity index is 2.32. The van der Waals surface area contributed by atoms with Crippen LogP contribution in [0.15, 0.2) is 6.33 Å². The van der Waals surface area contributed by atoms with Gasteiger partial charge in [-0.1, -0.05) is 0 Å². The molecule has 1 atom stereocenters. The molecule has 0 radical (unpaired) electrons. The molecule has 3 N–H and O–H groups in total. The number of aliphatic hydroxyl groups is 1. The van der Waals surface area contributed by atoms with Crippen LogP contribution in [-0.4, -0.2) is 28.2 Å².